The molecule has 1 aromatic carbocycles. The van der Waals surface area contributed by atoms with Crippen molar-refractivity contribution in [3.05, 3.63) is 39.1 Å². The molecule has 0 bridgehead atoms. The number of halogens is 2. The largest absolute Gasteiger partial charge is 0.316 e. The van der Waals surface area contributed by atoms with E-state index in [1.807, 2.05) is 6.07 Å². The lowest BCUT2D eigenvalue weighted by molar-refractivity contribution is 0.509. The van der Waals surface area contributed by atoms with Gasteiger partial charge >= 0.3 is 0 Å². The van der Waals surface area contributed by atoms with Crippen molar-refractivity contribution in [2.24, 2.45) is 0 Å². The van der Waals surface area contributed by atoms with Gasteiger partial charge in [-0.15, -0.1) is 11.3 Å². The molecule has 2 nitrogen and oxygen atoms in total. The van der Waals surface area contributed by atoms with Crippen molar-refractivity contribution >= 4 is 27.3 Å². The highest BCUT2D eigenvalue weighted by Crippen LogP contribution is 2.39. The summed E-state index contributed by atoms with van der Waals surface area (Å²) in [6.07, 6.45) is 3.55. The second-order valence-electron chi connectivity index (χ2n) is 5.35. The van der Waals surface area contributed by atoms with Gasteiger partial charge in [0.25, 0.3) is 0 Å². The Balaban J connectivity index is 1.94. The van der Waals surface area contributed by atoms with Crippen molar-refractivity contribution in [1.29, 1.82) is 0 Å². The van der Waals surface area contributed by atoms with E-state index >= 15 is 0 Å². The molecule has 21 heavy (non-hydrogen) atoms. The third-order valence-corrected chi connectivity index (χ3v) is 5.69. The van der Waals surface area contributed by atoms with Crippen molar-refractivity contribution in [2.75, 3.05) is 13.1 Å². The summed E-state index contributed by atoms with van der Waals surface area (Å²) in [5.74, 6) is 0.287. The molecule has 0 saturated heterocycles. The minimum atomic E-state index is -0.225. The molecule has 0 amide bonds. The summed E-state index contributed by atoms with van der Waals surface area (Å²) < 4.78 is 14.0. The highest BCUT2D eigenvalue weighted by molar-refractivity contribution is 9.10. The molecular weight excluding hydrogens is 351 g/mol. The van der Waals surface area contributed by atoms with Gasteiger partial charge in [0.15, 0.2) is 0 Å². The van der Waals surface area contributed by atoms with Crippen LogP contribution in [0.5, 0.6) is 0 Å². The smallest absolute Gasteiger partial charge is 0.125 e. The quantitative estimate of drug-likeness (QED) is 0.842. The molecule has 5 heteroatoms. The standard InChI is InChI=1S/C16H18BrFN2S/c1-2-19-9-10-4-3-5-14-15(10)20-16(21-14)12-7-6-11(18)8-13(12)17/h6-8,10,19H,2-5,9H2,1H3. The van der Waals surface area contributed by atoms with E-state index in [9.17, 15) is 4.39 Å². The molecule has 1 unspecified atom stereocenters. The lowest BCUT2D eigenvalue weighted by Crippen LogP contribution is -2.23. The Kier molecular flexibility index (Phi) is 4.72. The first-order valence-electron chi connectivity index (χ1n) is 7.34. The Labute approximate surface area is 136 Å². The van der Waals surface area contributed by atoms with Gasteiger partial charge in [-0.05, 0) is 59.9 Å². The number of hydrogen-bond donors (Lipinski definition) is 1. The zero-order valence-corrected chi connectivity index (χ0v) is 14.4. The second kappa shape index (κ2) is 6.55. The van der Waals surface area contributed by atoms with Crippen LogP contribution < -0.4 is 5.32 Å². The van der Waals surface area contributed by atoms with Crippen LogP contribution in [0.25, 0.3) is 10.6 Å². The Morgan fingerprint density at radius 2 is 2.33 bits per heavy atom. The van der Waals surface area contributed by atoms with Crippen LogP contribution in [0.4, 0.5) is 4.39 Å². The first-order valence-corrected chi connectivity index (χ1v) is 8.95. The third-order valence-electron chi connectivity index (χ3n) is 3.87. The number of benzene rings is 1. The zero-order valence-electron chi connectivity index (χ0n) is 12.0. The van der Waals surface area contributed by atoms with Crippen LogP contribution in [0.2, 0.25) is 0 Å². The fraction of sp³-hybridized carbons (Fsp3) is 0.438. The monoisotopic (exact) mass is 368 g/mol. The van der Waals surface area contributed by atoms with Gasteiger partial charge in [0.05, 0.1) is 5.69 Å². The van der Waals surface area contributed by atoms with Gasteiger partial charge in [-0.2, -0.15) is 0 Å². The van der Waals surface area contributed by atoms with Crippen LogP contribution in [0, 0.1) is 5.82 Å². The molecule has 1 heterocycles. The Morgan fingerprint density at radius 1 is 1.48 bits per heavy atom. The average molecular weight is 369 g/mol. The first kappa shape index (κ1) is 15.1. The van der Waals surface area contributed by atoms with Gasteiger partial charge in [-0.25, -0.2) is 9.37 Å². The number of aromatic nitrogens is 1. The summed E-state index contributed by atoms with van der Waals surface area (Å²) in [5, 5.41) is 4.43. The Morgan fingerprint density at radius 3 is 3.10 bits per heavy atom. The van der Waals surface area contributed by atoms with Gasteiger partial charge in [-0.1, -0.05) is 6.92 Å². The molecule has 1 N–H and O–H groups in total. The van der Waals surface area contributed by atoms with Gasteiger partial charge < -0.3 is 5.32 Å². The van der Waals surface area contributed by atoms with Crippen molar-refractivity contribution in [3.8, 4) is 10.6 Å². The van der Waals surface area contributed by atoms with E-state index < -0.39 is 0 Å². The predicted octanol–water partition coefficient (Wildman–Crippen LogP) is 4.74. The number of hydrogen-bond acceptors (Lipinski definition) is 3. The van der Waals surface area contributed by atoms with Crippen LogP contribution in [-0.4, -0.2) is 18.1 Å². The zero-order chi connectivity index (χ0) is 14.8. The molecule has 1 aromatic heterocycles. The van der Waals surface area contributed by atoms with Crippen LogP contribution in [-0.2, 0) is 6.42 Å². The van der Waals surface area contributed by atoms with E-state index in [4.69, 9.17) is 4.98 Å². The number of aryl methyl sites for hydroxylation is 1. The molecule has 0 radical (unpaired) electrons. The van der Waals surface area contributed by atoms with Crippen molar-refractivity contribution in [1.82, 2.24) is 10.3 Å². The van der Waals surface area contributed by atoms with Crippen LogP contribution in [0.15, 0.2) is 22.7 Å². The molecule has 2 aromatic rings. The lowest BCUT2D eigenvalue weighted by Gasteiger charge is -2.21. The van der Waals surface area contributed by atoms with Crippen molar-refractivity contribution in [2.45, 2.75) is 32.1 Å². The molecule has 112 valence electrons. The van der Waals surface area contributed by atoms with E-state index in [2.05, 4.69) is 28.2 Å². The number of rotatable bonds is 4. The fourth-order valence-corrected chi connectivity index (χ4v) is 4.70. The summed E-state index contributed by atoms with van der Waals surface area (Å²) in [6.45, 7) is 4.12. The van der Waals surface area contributed by atoms with Crippen LogP contribution in [0.3, 0.4) is 0 Å². The van der Waals surface area contributed by atoms with E-state index in [1.54, 1.807) is 11.3 Å². The number of likely N-dealkylation sites (N-methyl/N-ethyl adjacent to an activating group) is 1. The van der Waals surface area contributed by atoms with E-state index in [0.29, 0.717) is 5.92 Å². The topological polar surface area (TPSA) is 24.9 Å². The molecule has 0 spiro atoms. The highest BCUT2D eigenvalue weighted by Gasteiger charge is 2.25. The SMILES string of the molecule is CCNCC1CCCc2sc(-c3ccc(F)cc3Br)nc21. The van der Waals surface area contributed by atoms with Crippen LogP contribution in [0.1, 0.15) is 36.3 Å². The summed E-state index contributed by atoms with van der Waals surface area (Å²) in [6, 6.07) is 4.81. The van der Waals surface area contributed by atoms with Gasteiger partial charge in [0.2, 0.25) is 0 Å². The average Bonchev–Trinajstić information content (AvgIpc) is 2.89. The number of nitrogens with zero attached hydrogens (tertiary/aromatic N) is 1. The first-order chi connectivity index (χ1) is 10.2. The molecule has 1 aliphatic carbocycles. The van der Waals surface area contributed by atoms with Crippen molar-refractivity contribution in [3.63, 3.8) is 0 Å². The Hall–Kier alpha value is -0.780. The third kappa shape index (κ3) is 3.20. The van der Waals surface area contributed by atoms with Gasteiger partial charge in [0.1, 0.15) is 10.8 Å². The molecule has 1 atom stereocenters. The summed E-state index contributed by atoms with van der Waals surface area (Å²) in [4.78, 5) is 6.27. The highest BCUT2D eigenvalue weighted by atomic mass is 79.9. The number of nitrogens with one attached hydrogen (secondary N) is 1. The minimum Gasteiger partial charge on any atom is -0.316 e. The normalized spacial score (nSPS) is 17.8. The van der Waals surface area contributed by atoms with E-state index in [0.717, 1.165) is 34.6 Å². The lowest BCUT2D eigenvalue weighted by atomic mass is 9.91. The fourth-order valence-electron chi connectivity index (χ4n) is 2.80. The maximum atomic E-state index is 13.2. The molecule has 3 rings (SSSR count). The molecule has 0 fully saturated rings. The summed E-state index contributed by atoms with van der Waals surface area (Å²) in [7, 11) is 0. The molecule has 1 aliphatic rings. The minimum absolute atomic E-state index is 0.225. The molecular formula is C16H18BrFN2S. The predicted molar refractivity (Wildman–Crippen MR) is 89.4 cm³/mol. The second-order valence-corrected chi connectivity index (χ2v) is 7.29. The molecule has 0 aliphatic heterocycles. The van der Waals surface area contributed by atoms with Gasteiger partial charge in [-0.3, -0.25) is 0 Å². The number of fused-ring (bicyclic) bond motifs is 1. The van der Waals surface area contributed by atoms with Crippen LogP contribution >= 0.6 is 27.3 Å². The van der Waals surface area contributed by atoms with E-state index in [-0.39, 0.29) is 5.82 Å². The maximum absolute atomic E-state index is 13.2. The summed E-state index contributed by atoms with van der Waals surface area (Å²) in [5.41, 5.74) is 2.23. The maximum Gasteiger partial charge on any atom is 0.125 e. The number of thiazole rings is 1. The van der Waals surface area contributed by atoms with Gasteiger partial charge in [0, 0.05) is 27.4 Å². The van der Waals surface area contributed by atoms with Crippen molar-refractivity contribution < 1.29 is 4.39 Å². The molecule has 0 saturated carbocycles. The Bertz CT molecular complexity index is 641. The van der Waals surface area contributed by atoms with E-state index in [1.165, 1.54) is 35.5 Å². The summed E-state index contributed by atoms with van der Waals surface area (Å²) >= 11 is 5.20.